The number of amides is 1. The molecule has 1 amide bonds. The third kappa shape index (κ3) is 3.39. The van der Waals surface area contributed by atoms with Crippen LogP contribution < -0.4 is 10.9 Å². The third-order valence-electron chi connectivity index (χ3n) is 6.74. The number of rotatable bonds is 5. The molecule has 0 radical (unpaired) electrons. The Morgan fingerprint density at radius 2 is 2.03 bits per heavy atom. The van der Waals surface area contributed by atoms with Gasteiger partial charge in [-0.05, 0) is 61.5 Å². The number of carbonyl (C=O) groups excluding carboxylic acids is 1. The fraction of sp³-hybridized carbons (Fsp3) is 0.435. The first-order valence-corrected chi connectivity index (χ1v) is 11.3. The standard InChI is InChI=1S/C23H25N3O2S/c1-14(19-12-15-8-9-16(19)11-15)24-21(27)13-26-23(28)18-6-3-2-5-17(18)22(25-26)20-7-4-10-29-20/h2-7,10,14-16,19H,8-9,11-13H2,1H3,(H,24,27). The molecule has 4 atom stereocenters. The molecule has 6 heteroatoms. The molecule has 2 fully saturated rings. The van der Waals surface area contributed by atoms with Gasteiger partial charge in [0.1, 0.15) is 12.2 Å². The lowest BCUT2D eigenvalue weighted by molar-refractivity contribution is -0.123. The summed E-state index contributed by atoms with van der Waals surface area (Å²) in [4.78, 5) is 26.7. The molecule has 3 aromatic rings. The summed E-state index contributed by atoms with van der Waals surface area (Å²) < 4.78 is 1.32. The summed E-state index contributed by atoms with van der Waals surface area (Å²) in [6.45, 7) is 2.06. The van der Waals surface area contributed by atoms with Crippen molar-refractivity contribution in [2.45, 2.75) is 45.2 Å². The molecule has 0 spiro atoms. The Labute approximate surface area is 173 Å². The van der Waals surface area contributed by atoms with Gasteiger partial charge in [-0.3, -0.25) is 9.59 Å². The van der Waals surface area contributed by atoms with Gasteiger partial charge < -0.3 is 5.32 Å². The summed E-state index contributed by atoms with van der Waals surface area (Å²) in [6.07, 6.45) is 5.19. The predicted octanol–water partition coefficient (Wildman–Crippen LogP) is 4.07. The molecule has 1 N–H and O–H groups in total. The van der Waals surface area contributed by atoms with Crippen LogP contribution in [0.15, 0.2) is 46.6 Å². The van der Waals surface area contributed by atoms with Gasteiger partial charge in [0, 0.05) is 11.4 Å². The van der Waals surface area contributed by atoms with Crippen LogP contribution in [0.5, 0.6) is 0 Å². The van der Waals surface area contributed by atoms with E-state index < -0.39 is 0 Å². The number of thiophene rings is 1. The molecule has 2 aliphatic carbocycles. The van der Waals surface area contributed by atoms with Crippen molar-refractivity contribution in [3.63, 3.8) is 0 Å². The maximum absolute atomic E-state index is 13.0. The number of hydrogen-bond acceptors (Lipinski definition) is 4. The van der Waals surface area contributed by atoms with Gasteiger partial charge in [-0.25, -0.2) is 4.68 Å². The number of carbonyl (C=O) groups is 1. The minimum atomic E-state index is -0.219. The van der Waals surface area contributed by atoms with E-state index in [-0.39, 0.29) is 24.1 Å². The second-order valence-corrected chi connectivity index (χ2v) is 9.48. The average Bonchev–Trinajstić information content (AvgIpc) is 3.48. The van der Waals surface area contributed by atoms with Crippen LogP contribution in [0.25, 0.3) is 21.3 Å². The minimum Gasteiger partial charge on any atom is -0.352 e. The van der Waals surface area contributed by atoms with E-state index in [2.05, 4.69) is 17.3 Å². The molecule has 5 rings (SSSR count). The molecule has 150 valence electrons. The highest BCUT2D eigenvalue weighted by Crippen LogP contribution is 2.49. The first-order valence-electron chi connectivity index (χ1n) is 10.4. The van der Waals surface area contributed by atoms with Gasteiger partial charge >= 0.3 is 0 Å². The summed E-state index contributed by atoms with van der Waals surface area (Å²) >= 11 is 1.58. The Morgan fingerprint density at radius 1 is 1.21 bits per heavy atom. The predicted molar refractivity (Wildman–Crippen MR) is 116 cm³/mol. The largest absolute Gasteiger partial charge is 0.352 e. The van der Waals surface area contributed by atoms with Gasteiger partial charge in [0.15, 0.2) is 0 Å². The molecule has 4 unspecified atom stereocenters. The molecule has 2 saturated carbocycles. The molecule has 0 aliphatic heterocycles. The van der Waals surface area contributed by atoms with Crippen molar-refractivity contribution in [1.29, 1.82) is 0 Å². The zero-order valence-electron chi connectivity index (χ0n) is 16.5. The van der Waals surface area contributed by atoms with Crippen molar-refractivity contribution >= 4 is 28.0 Å². The highest BCUT2D eigenvalue weighted by molar-refractivity contribution is 7.13. The zero-order valence-corrected chi connectivity index (χ0v) is 17.3. The average molecular weight is 408 g/mol. The molecule has 2 aromatic heterocycles. The topological polar surface area (TPSA) is 64.0 Å². The Hall–Kier alpha value is -2.47. The van der Waals surface area contributed by atoms with E-state index in [9.17, 15) is 9.59 Å². The molecule has 1 aromatic carbocycles. The van der Waals surface area contributed by atoms with Crippen molar-refractivity contribution in [3.05, 3.63) is 52.1 Å². The first-order chi connectivity index (χ1) is 14.1. The lowest BCUT2D eigenvalue weighted by Gasteiger charge is -2.28. The van der Waals surface area contributed by atoms with Crippen LogP contribution >= 0.6 is 11.3 Å². The van der Waals surface area contributed by atoms with Crippen molar-refractivity contribution in [1.82, 2.24) is 15.1 Å². The van der Waals surface area contributed by atoms with Crippen LogP contribution in [0.2, 0.25) is 0 Å². The maximum Gasteiger partial charge on any atom is 0.275 e. The summed E-state index contributed by atoms with van der Waals surface area (Å²) in [5.41, 5.74) is 0.535. The molecular weight excluding hydrogens is 382 g/mol. The Kier molecular flexibility index (Phi) is 4.74. The fourth-order valence-electron chi connectivity index (χ4n) is 5.39. The number of hydrogen-bond donors (Lipinski definition) is 1. The summed E-state index contributed by atoms with van der Waals surface area (Å²) in [7, 11) is 0. The van der Waals surface area contributed by atoms with E-state index >= 15 is 0 Å². The van der Waals surface area contributed by atoms with Crippen molar-refractivity contribution < 1.29 is 4.79 Å². The van der Waals surface area contributed by atoms with Gasteiger partial charge in [0.2, 0.25) is 5.91 Å². The minimum absolute atomic E-state index is 0.0484. The highest BCUT2D eigenvalue weighted by atomic mass is 32.1. The Morgan fingerprint density at radius 3 is 2.72 bits per heavy atom. The number of benzene rings is 1. The number of nitrogens with zero attached hydrogens (tertiary/aromatic N) is 2. The van der Waals surface area contributed by atoms with Crippen molar-refractivity contribution in [2.24, 2.45) is 17.8 Å². The number of nitrogens with one attached hydrogen (secondary N) is 1. The van der Waals surface area contributed by atoms with Crippen LogP contribution in [0.3, 0.4) is 0 Å². The Bertz CT molecular complexity index is 1110. The highest BCUT2D eigenvalue weighted by Gasteiger charge is 2.42. The van der Waals surface area contributed by atoms with Crippen molar-refractivity contribution in [3.8, 4) is 10.6 Å². The van der Waals surface area contributed by atoms with E-state index in [0.717, 1.165) is 27.8 Å². The van der Waals surface area contributed by atoms with Gasteiger partial charge in [0.25, 0.3) is 5.56 Å². The molecule has 2 bridgehead atoms. The van der Waals surface area contributed by atoms with E-state index in [1.807, 2.05) is 41.8 Å². The van der Waals surface area contributed by atoms with Crippen LogP contribution in [-0.4, -0.2) is 21.7 Å². The molecule has 2 aliphatic rings. The van der Waals surface area contributed by atoms with E-state index in [1.54, 1.807) is 11.3 Å². The van der Waals surface area contributed by atoms with E-state index in [1.165, 1.54) is 30.4 Å². The second kappa shape index (κ2) is 7.41. The molecular formula is C23H25N3O2S. The van der Waals surface area contributed by atoms with Crippen LogP contribution in [0.1, 0.15) is 32.6 Å². The summed E-state index contributed by atoms with van der Waals surface area (Å²) in [6, 6.07) is 11.6. The number of aromatic nitrogens is 2. The van der Waals surface area contributed by atoms with E-state index in [0.29, 0.717) is 11.3 Å². The smallest absolute Gasteiger partial charge is 0.275 e. The monoisotopic (exact) mass is 407 g/mol. The zero-order chi connectivity index (χ0) is 20.0. The lowest BCUT2D eigenvalue weighted by atomic mass is 9.84. The summed E-state index contributed by atoms with van der Waals surface area (Å²) in [5, 5.41) is 11.1. The van der Waals surface area contributed by atoms with Gasteiger partial charge in [-0.2, -0.15) is 5.10 Å². The van der Waals surface area contributed by atoms with E-state index in [4.69, 9.17) is 0 Å². The maximum atomic E-state index is 13.0. The fourth-order valence-corrected chi connectivity index (χ4v) is 6.11. The molecule has 5 nitrogen and oxygen atoms in total. The molecule has 29 heavy (non-hydrogen) atoms. The molecule has 2 heterocycles. The second-order valence-electron chi connectivity index (χ2n) is 8.53. The SMILES string of the molecule is CC(NC(=O)Cn1nc(-c2cccs2)c2ccccc2c1=O)C1CC2CCC1C2. The first kappa shape index (κ1) is 18.6. The van der Waals surface area contributed by atoms with Gasteiger partial charge in [-0.15, -0.1) is 11.3 Å². The molecule has 0 saturated heterocycles. The Balaban J connectivity index is 1.41. The lowest BCUT2D eigenvalue weighted by Crippen LogP contribution is -2.43. The van der Waals surface area contributed by atoms with Crippen molar-refractivity contribution in [2.75, 3.05) is 0 Å². The van der Waals surface area contributed by atoms with Gasteiger partial charge in [-0.1, -0.05) is 30.7 Å². The normalized spacial score (nSPS) is 24.1. The van der Waals surface area contributed by atoms with Gasteiger partial charge in [0.05, 0.1) is 10.3 Å². The summed E-state index contributed by atoms with van der Waals surface area (Å²) in [5.74, 6) is 2.03. The number of fused-ring (bicyclic) bond motifs is 3. The quantitative estimate of drug-likeness (QED) is 0.694. The van der Waals surface area contributed by atoms with Crippen LogP contribution in [0.4, 0.5) is 0 Å². The van der Waals surface area contributed by atoms with Crippen LogP contribution in [0, 0.1) is 17.8 Å². The third-order valence-corrected chi connectivity index (χ3v) is 7.62. The van der Waals surface area contributed by atoms with Crippen LogP contribution in [-0.2, 0) is 11.3 Å².